The molecule has 1 aliphatic carbocycles. The number of carboxylic acid groups (broad SMARTS) is 1. The first-order chi connectivity index (χ1) is 8.02. The summed E-state index contributed by atoms with van der Waals surface area (Å²) in [4.78, 5) is 21.3. The molecule has 2 rings (SSSR count). The standard InChI is InChI=1S/C11H11NO5/c13-6-8-5-11(8,10(14)15)7-2-1-3-9(4-7)12(16)17/h1-4,8,13H,5-6H2,(H,14,15). The van der Waals surface area contributed by atoms with Crippen LogP contribution in [0, 0.1) is 16.0 Å². The second-order valence-electron chi connectivity index (χ2n) is 4.17. The third-order valence-electron chi connectivity index (χ3n) is 3.28. The maximum atomic E-state index is 11.3. The Hall–Kier alpha value is -1.95. The van der Waals surface area contributed by atoms with Crippen LogP contribution in [0.5, 0.6) is 0 Å². The molecule has 6 heteroatoms. The van der Waals surface area contributed by atoms with E-state index in [2.05, 4.69) is 0 Å². The number of hydrogen-bond donors (Lipinski definition) is 2. The van der Waals surface area contributed by atoms with Gasteiger partial charge in [-0.25, -0.2) is 0 Å². The van der Waals surface area contributed by atoms with Crippen molar-refractivity contribution in [1.29, 1.82) is 0 Å². The number of aliphatic hydroxyl groups is 1. The molecular formula is C11H11NO5. The quantitative estimate of drug-likeness (QED) is 0.599. The fraction of sp³-hybridized carbons (Fsp3) is 0.364. The molecule has 0 aromatic heterocycles. The molecule has 0 spiro atoms. The van der Waals surface area contributed by atoms with Gasteiger partial charge in [-0.2, -0.15) is 0 Å². The molecule has 1 aromatic carbocycles. The van der Waals surface area contributed by atoms with Gasteiger partial charge in [-0.3, -0.25) is 14.9 Å². The Morgan fingerprint density at radius 3 is 2.76 bits per heavy atom. The molecule has 0 saturated heterocycles. The van der Waals surface area contributed by atoms with Gasteiger partial charge in [0.05, 0.1) is 10.3 Å². The zero-order valence-electron chi connectivity index (χ0n) is 8.87. The Morgan fingerprint density at radius 2 is 2.29 bits per heavy atom. The van der Waals surface area contributed by atoms with Crippen molar-refractivity contribution in [2.24, 2.45) is 5.92 Å². The van der Waals surface area contributed by atoms with E-state index in [4.69, 9.17) is 5.11 Å². The molecule has 1 saturated carbocycles. The van der Waals surface area contributed by atoms with Crippen LogP contribution in [-0.2, 0) is 10.2 Å². The van der Waals surface area contributed by atoms with Crippen LogP contribution in [0.3, 0.4) is 0 Å². The van der Waals surface area contributed by atoms with Crippen molar-refractivity contribution in [1.82, 2.24) is 0 Å². The first kappa shape index (κ1) is 11.5. The molecule has 2 N–H and O–H groups in total. The summed E-state index contributed by atoms with van der Waals surface area (Å²) < 4.78 is 0. The van der Waals surface area contributed by atoms with E-state index in [9.17, 15) is 20.0 Å². The topological polar surface area (TPSA) is 101 Å². The summed E-state index contributed by atoms with van der Waals surface area (Å²) in [5.74, 6) is -1.40. The minimum Gasteiger partial charge on any atom is -0.481 e. The highest BCUT2D eigenvalue weighted by Crippen LogP contribution is 2.54. The highest BCUT2D eigenvalue weighted by molar-refractivity contribution is 5.86. The average molecular weight is 237 g/mol. The number of carboxylic acids is 1. The fourth-order valence-electron chi connectivity index (χ4n) is 2.19. The lowest BCUT2D eigenvalue weighted by molar-refractivity contribution is -0.384. The number of benzene rings is 1. The first-order valence-electron chi connectivity index (χ1n) is 5.11. The van der Waals surface area contributed by atoms with Crippen molar-refractivity contribution in [3.05, 3.63) is 39.9 Å². The van der Waals surface area contributed by atoms with Gasteiger partial charge in [-0.05, 0) is 12.0 Å². The van der Waals surface area contributed by atoms with Crippen LogP contribution in [-0.4, -0.2) is 27.7 Å². The molecule has 2 atom stereocenters. The molecule has 0 amide bonds. The second-order valence-corrected chi connectivity index (χ2v) is 4.17. The third-order valence-corrected chi connectivity index (χ3v) is 3.28. The van der Waals surface area contributed by atoms with Crippen molar-refractivity contribution in [3.8, 4) is 0 Å². The predicted molar refractivity (Wildman–Crippen MR) is 57.6 cm³/mol. The van der Waals surface area contributed by atoms with Crippen molar-refractivity contribution < 1.29 is 19.9 Å². The van der Waals surface area contributed by atoms with Crippen LogP contribution < -0.4 is 0 Å². The minimum absolute atomic E-state index is 0.133. The predicted octanol–water partition coefficient (Wildman–Crippen LogP) is 0.929. The Bertz CT molecular complexity index is 487. The van der Waals surface area contributed by atoms with Crippen molar-refractivity contribution in [3.63, 3.8) is 0 Å². The fourth-order valence-corrected chi connectivity index (χ4v) is 2.19. The molecule has 90 valence electrons. The third kappa shape index (κ3) is 1.66. The van der Waals surface area contributed by atoms with E-state index in [0.717, 1.165) is 0 Å². The van der Waals surface area contributed by atoms with Crippen LogP contribution in [0.1, 0.15) is 12.0 Å². The largest absolute Gasteiger partial charge is 0.481 e. The maximum Gasteiger partial charge on any atom is 0.314 e. The normalized spacial score (nSPS) is 26.5. The number of aliphatic carboxylic acids is 1. The molecule has 1 fully saturated rings. The molecule has 0 bridgehead atoms. The summed E-state index contributed by atoms with van der Waals surface area (Å²) >= 11 is 0. The van der Waals surface area contributed by atoms with E-state index in [0.29, 0.717) is 12.0 Å². The van der Waals surface area contributed by atoms with Gasteiger partial charge in [0.15, 0.2) is 0 Å². The van der Waals surface area contributed by atoms with Gasteiger partial charge in [0, 0.05) is 24.7 Å². The van der Waals surface area contributed by atoms with E-state index in [1.165, 1.54) is 18.2 Å². The maximum absolute atomic E-state index is 11.3. The summed E-state index contributed by atoms with van der Waals surface area (Å²) in [6, 6.07) is 5.60. The number of nitrogens with zero attached hydrogens (tertiary/aromatic N) is 1. The van der Waals surface area contributed by atoms with Crippen molar-refractivity contribution in [2.75, 3.05) is 6.61 Å². The highest BCUT2D eigenvalue weighted by Gasteiger charge is 2.61. The molecular weight excluding hydrogens is 226 g/mol. The van der Waals surface area contributed by atoms with Crippen molar-refractivity contribution in [2.45, 2.75) is 11.8 Å². The average Bonchev–Trinajstić information content (AvgIpc) is 3.05. The smallest absolute Gasteiger partial charge is 0.314 e. The number of nitro benzene ring substituents is 1. The van der Waals surface area contributed by atoms with E-state index in [-0.39, 0.29) is 18.2 Å². The Labute approximate surface area is 96.7 Å². The Morgan fingerprint density at radius 1 is 1.59 bits per heavy atom. The first-order valence-corrected chi connectivity index (χ1v) is 5.11. The Balaban J connectivity index is 2.43. The number of rotatable bonds is 4. The molecule has 0 aliphatic heterocycles. The van der Waals surface area contributed by atoms with Gasteiger partial charge in [0.1, 0.15) is 0 Å². The van der Waals surface area contributed by atoms with E-state index < -0.39 is 16.3 Å². The second kappa shape index (κ2) is 3.81. The zero-order chi connectivity index (χ0) is 12.6. The van der Waals surface area contributed by atoms with Gasteiger partial charge in [0.2, 0.25) is 0 Å². The molecule has 2 unspecified atom stereocenters. The van der Waals surface area contributed by atoms with Crippen LogP contribution in [0.2, 0.25) is 0 Å². The van der Waals surface area contributed by atoms with Gasteiger partial charge in [0.25, 0.3) is 5.69 Å². The van der Waals surface area contributed by atoms with E-state index >= 15 is 0 Å². The number of hydrogen-bond acceptors (Lipinski definition) is 4. The SMILES string of the molecule is O=C(O)C1(c2cccc([N+](=O)[O-])c2)CC1CO. The lowest BCUT2D eigenvalue weighted by Gasteiger charge is -2.11. The summed E-state index contributed by atoms with van der Waals surface area (Å²) in [5, 5.41) is 28.9. The molecule has 0 radical (unpaired) electrons. The molecule has 0 heterocycles. The summed E-state index contributed by atoms with van der Waals surface area (Å²) in [5.41, 5.74) is -0.897. The van der Waals surface area contributed by atoms with E-state index in [1.807, 2.05) is 0 Å². The number of non-ortho nitro benzene ring substituents is 1. The highest BCUT2D eigenvalue weighted by atomic mass is 16.6. The van der Waals surface area contributed by atoms with Gasteiger partial charge in [-0.1, -0.05) is 12.1 Å². The van der Waals surface area contributed by atoms with Gasteiger partial charge >= 0.3 is 5.97 Å². The van der Waals surface area contributed by atoms with Crippen LogP contribution in [0.25, 0.3) is 0 Å². The van der Waals surface area contributed by atoms with Gasteiger partial charge in [-0.15, -0.1) is 0 Å². The van der Waals surface area contributed by atoms with Crippen LogP contribution >= 0.6 is 0 Å². The summed E-state index contributed by atoms with van der Waals surface area (Å²) in [7, 11) is 0. The molecule has 6 nitrogen and oxygen atoms in total. The van der Waals surface area contributed by atoms with E-state index in [1.54, 1.807) is 6.07 Å². The number of nitro groups is 1. The molecule has 1 aliphatic rings. The van der Waals surface area contributed by atoms with Crippen LogP contribution in [0.4, 0.5) is 5.69 Å². The minimum atomic E-state index is -1.15. The van der Waals surface area contributed by atoms with Crippen LogP contribution in [0.15, 0.2) is 24.3 Å². The summed E-state index contributed by atoms with van der Waals surface area (Å²) in [6.07, 6.45) is 0.319. The van der Waals surface area contributed by atoms with Gasteiger partial charge < -0.3 is 10.2 Å². The molecule has 1 aromatic rings. The van der Waals surface area contributed by atoms with Crippen molar-refractivity contribution >= 4 is 11.7 Å². The lowest BCUT2D eigenvalue weighted by Crippen LogP contribution is -2.23. The zero-order valence-corrected chi connectivity index (χ0v) is 8.87. The lowest BCUT2D eigenvalue weighted by atomic mass is 9.93. The Kier molecular flexibility index (Phi) is 2.59. The summed E-state index contributed by atoms with van der Waals surface area (Å²) in [6.45, 7) is -0.227. The molecule has 17 heavy (non-hydrogen) atoms. The monoisotopic (exact) mass is 237 g/mol. The number of aliphatic hydroxyl groups excluding tert-OH is 1. The number of carbonyl (C=O) groups is 1.